The molecule has 0 aromatic rings. The molecular formula is C11H24N4O2. The van der Waals surface area contributed by atoms with Gasteiger partial charge in [-0.2, -0.15) is 0 Å². The van der Waals surface area contributed by atoms with E-state index in [1.807, 2.05) is 6.92 Å². The third-order valence-electron chi connectivity index (χ3n) is 2.68. The van der Waals surface area contributed by atoms with Gasteiger partial charge in [0.15, 0.2) is 0 Å². The lowest BCUT2D eigenvalue weighted by molar-refractivity contribution is 0.0314. The summed E-state index contributed by atoms with van der Waals surface area (Å²) in [5.74, 6) is 6.26. The van der Waals surface area contributed by atoms with Gasteiger partial charge in [-0.3, -0.25) is 10.4 Å². The Labute approximate surface area is 103 Å². The van der Waals surface area contributed by atoms with Crippen LogP contribution >= 0.6 is 0 Å². The highest BCUT2D eigenvalue weighted by Gasteiger charge is 2.21. The van der Waals surface area contributed by atoms with Gasteiger partial charge in [-0.25, -0.2) is 5.84 Å². The number of morpholine rings is 1. The van der Waals surface area contributed by atoms with Gasteiger partial charge in [0, 0.05) is 26.3 Å². The van der Waals surface area contributed by atoms with Crippen molar-refractivity contribution >= 4 is 5.96 Å². The maximum Gasteiger partial charge on any atom is 0.208 e. The maximum atomic E-state index is 5.51. The first kappa shape index (κ1) is 14.2. The number of aliphatic imine (C=N–C) groups is 1. The fourth-order valence-electron chi connectivity index (χ4n) is 1.76. The monoisotopic (exact) mass is 244 g/mol. The van der Waals surface area contributed by atoms with Crippen molar-refractivity contribution in [3.8, 4) is 0 Å². The molecule has 0 spiro atoms. The third kappa shape index (κ3) is 4.89. The smallest absolute Gasteiger partial charge is 0.208 e. The first-order valence-corrected chi connectivity index (χ1v) is 6.22. The molecule has 0 aromatic heterocycles. The normalized spacial score (nSPS) is 21.7. The summed E-state index contributed by atoms with van der Waals surface area (Å²) in [6.07, 6.45) is 0.914. The van der Waals surface area contributed by atoms with Gasteiger partial charge in [0.1, 0.15) is 0 Å². The molecule has 1 atom stereocenters. The number of hydrogen-bond donors (Lipinski definition) is 2. The topological polar surface area (TPSA) is 72.1 Å². The average Bonchev–Trinajstić information content (AvgIpc) is 2.35. The molecule has 1 rings (SSSR count). The molecule has 1 fully saturated rings. The second kappa shape index (κ2) is 8.27. The summed E-state index contributed by atoms with van der Waals surface area (Å²) < 4.78 is 10.6. The molecular weight excluding hydrogens is 220 g/mol. The zero-order chi connectivity index (χ0) is 12.5. The largest absolute Gasteiger partial charge is 0.382 e. The van der Waals surface area contributed by atoms with Crippen LogP contribution in [-0.4, -0.2) is 56.4 Å². The molecule has 0 radical (unpaired) electrons. The Bertz CT molecular complexity index is 236. The van der Waals surface area contributed by atoms with Gasteiger partial charge in [0.25, 0.3) is 0 Å². The molecule has 6 nitrogen and oxygen atoms in total. The van der Waals surface area contributed by atoms with E-state index in [0.717, 1.165) is 51.9 Å². The molecule has 0 bridgehead atoms. The van der Waals surface area contributed by atoms with Gasteiger partial charge >= 0.3 is 0 Å². The third-order valence-corrected chi connectivity index (χ3v) is 2.68. The Hall–Kier alpha value is -0.850. The lowest BCUT2D eigenvalue weighted by Crippen LogP contribution is -2.53. The highest BCUT2D eigenvalue weighted by Crippen LogP contribution is 2.06. The number of ether oxygens (including phenoxy) is 2. The lowest BCUT2D eigenvalue weighted by atomic mass is 10.3. The van der Waals surface area contributed by atoms with Crippen LogP contribution in [0, 0.1) is 0 Å². The van der Waals surface area contributed by atoms with Crippen LogP contribution in [0.3, 0.4) is 0 Å². The zero-order valence-electron chi connectivity index (χ0n) is 10.8. The van der Waals surface area contributed by atoms with Crippen molar-refractivity contribution in [3.63, 3.8) is 0 Å². The summed E-state index contributed by atoms with van der Waals surface area (Å²) in [6, 6.07) is 0.311. The second-order valence-corrected chi connectivity index (χ2v) is 4.02. The van der Waals surface area contributed by atoms with E-state index in [9.17, 15) is 0 Å². The first-order valence-electron chi connectivity index (χ1n) is 6.22. The van der Waals surface area contributed by atoms with E-state index < -0.39 is 0 Å². The van der Waals surface area contributed by atoms with E-state index in [1.165, 1.54) is 0 Å². The van der Waals surface area contributed by atoms with Crippen molar-refractivity contribution in [2.45, 2.75) is 26.3 Å². The van der Waals surface area contributed by atoms with Crippen molar-refractivity contribution in [1.29, 1.82) is 0 Å². The Balaban J connectivity index is 2.37. The molecule has 100 valence electrons. The van der Waals surface area contributed by atoms with Crippen molar-refractivity contribution < 1.29 is 9.47 Å². The average molecular weight is 244 g/mol. The number of nitrogens with zero attached hydrogens (tertiary/aromatic N) is 2. The highest BCUT2D eigenvalue weighted by molar-refractivity contribution is 5.79. The van der Waals surface area contributed by atoms with E-state index in [4.69, 9.17) is 15.3 Å². The summed E-state index contributed by atoms with van der Waals surface area (Å²) in [5.41, 5.74) is 2.67. The van der Waals surface area contributed by atoms with Crippen molar-refractivity contribution in [2.75, 3.05) is 39.5 Å². The maximum absolute atomic E-state index is 5.51. The number of hydrazine groups is 1. The summed E-state index contributed by atoms with van der Waals surface area (Å²) in [4.78, 5) is 6.60. The van der Waals surface area contributed by atoms with Crippen LogP contribution in [0.4, 0.5) is 0 Å². The molecule has 1 saturated heterocycles. The lowest BCUT2D eigenvalue weighted by Gasteiger charge is -2.35. The van der Waals surface area contributed by atoms with Crippen molar-refractivity contribution in [2.24, 2.45) is 10.8 Å². The summed E-state index contributed by atoms with van der Waals surface area (Å²) in [7, 11) is 0. The molecule has 0 aromatic carbocycles. The number of guanidine groups is 1. The SMILES string of the molecule is CCOCCCN=C(NN)N1CCOCC1C. The molecule has 1 aliphatic heterocycles. The molecule has 0 saturated carbocycles. The second-order valence-electron chi connectivity index (χ2n) is 4.02. The van der Waals surface area contributed by atoms with Crippen molar-refractivity contribution in [3.05, 3.63) is 0 Å². The zero-order valence-corrected chi connectivity index (χ0v) is 10.8. The molecule has 6 heteroatoms. The predicted octanol–water partition coefficient (Wildman–Crippen LogP) is -0.0470. The van der Waals surface area contributed by atoms with E-state index in [0.29, 0.717) is 6.04 Å². The van der Waals surface area contributed by atoms with E-state index >= 15 is 0 Å². The number of hydrogen-bond acceptors (Lipinski definition) is 4. The molecule has 17 heavy (non-hydrogen) atoms. The quantitative estimate of drug-likeness (QED) is 0.233. The van der Waals surface area contributed by atoms with Gasteiger partial charge in [-0.1, -0.05) is 0 Å². The summed E-state index contributed by atoms with van der Waals surface area (Å²) >= 11 is 0. The number of nitrogens with one attached hydrogen (secondary N) is 1. The Morgan fingerprint density at radius 3 is 3.12 bits per heavy atom. The molecule has 0 amide bonds. The van der Waals surface area contributed by atoms with Crippen LogP contribution < -0.4 is 11.3 Å². The Morgan fingerprint density at radius 1 is 1.65 bits per heavy atom. The molecule has 0 aliphatic carbocycles. The van der Waals surface area contributed by atoms with Crippen LogP contribution in [0.5, 0.6) is 0 Å². The first-order chi connectivity index (χ1) is 8.29. The van der Waals surface area contributed by atoms with Crippen LogP contribution in [-0.2, 0) is 9.47 Å². The van der Waals surface area contributed by atoms with E-state index in [1.54, 1.807) is 0 Å². The minimum absolute atomic E-state index is 0.311. The Morgan fingerprint density at radius 2 is 2.47 bits per heavy atom. The fraction of sp³-hybridized carbons (Fsp3) is 0.909. The van der Waals surface area contributed by atoms with Gasteiger partial charge in [0.2, 0.25) is 5.96 Å². The van der Waals surface area contributed by atoms with Crippen molar-refractivity contribution in [1.82, 2.24) is 10.3 Å². The van der Waals surface area contributed by atoms with Crippen LogP contribution in [0.1, 0.15) is 20.3 Å². The van der Waals surface area contributed by atoms with Crippen LogP contribution in [0.25, 0.3) is 0 Å². The van der Waals surface area contributed by atoms with E-state index in [-0.39, 0.29) is 0 Å². The summed E-state index contributed by atoms with van der Waals surface area (Å²) in [6.45, 7) is 8.60. The molecule has 3 N–H and O–H groups in total. The standard InChI is InChI=1S/C11H24N4O2/c1-3-16-7-4-5-13-11(14-12)15-6-8-17-9-10(15)2/h10H,3-9,12H2,1-2H3,(H,13,14). The van der Waals surface area contributed by atoms with Gasteiger partial charge < -0.3 is 14.4 Å². The molecule has 1 unspecified atom stereocenters. The van der Waals surface area contributed by atoms with Gasteiger partial charge in [-0.05, 0) is 20.3 Å². The molecule has 1 aliphatic rings. The highest BCUT2D eigenvalue weighted by atomic mass is 16.5. The number of rotatable bonds is 5. The van der Waals surface area contributed by atoms with Gasteiger partial charge in [0.05, 0.1) is 19.3 Å². The minimum Gasteiger partial charge on any atom is -0.382 e. The van der Waals surface area contributed by atoms with E-state index in [2.05, 4.69) is 22.2 Å². The number of nitrogens with two attached hydrogens (primary N) is 1. The fourth-order valence-corrected chi connectivity index (χ4v) is 1.76. The predicted molar refractivity (Wildman–Crippen MR) is 67.7 cm³/mol. The minimum atomic E-state index is 0.311. The Kier molecular flexibility index (Phi) is 6.91. The molecule has 1 heterocycles. The van der Waals surface area contributed by atoms with Gasteiger partial charge in [-0.15, -0.1) is 0 Å². The summed E-state index contributed by atoms with van der Waals surface area (Å²) in [5, 5.41) is 0. The van der Waals surface area contributed by atoms with Crippen LogP contribution in [0.15, 0.2) is 4.99 Å². The van der Waals surface area contributed by atoms with Crippen LogP contribution in [0.2, 0.25) is 0 Å².